The molecule has 2 atom stereocenters. The zero-order valence-corrected chi connectivity index (χ0v) is 19.6. The van der Waals surface area contributed by atoms with Crippen molar-refractivity contribution in [1.82, 2.24) is 10.6 Å². The predicted molar refractivity (Wildman–Crippen MR) is 132 cm³/mol. The Kier molecular flexibility index (Phi) is 7.15. The Morgan fingerprint density at radius 1 is 0.829 bits per heavy atom. The Labute approximate surface area is 204 Å². The third kappa shape index (κ3) is 5.19. The molecular weight excluding hydrogens is 444 g/mol. The van der Waals surface area contributed by atoms with Crippen molar-refractivity contribution in [2.24, 2.45) is 5.92 Å². The van der Waals surface area contributed by atoms with Gasteiger partial charge in [-0.05, 0) is 33.7 Å². The van der Waals surface area contributed by atoms with Crippen LogP contribution in [0.25, 0.3) is 11.1 Å². The second-order valence-electron chi connectivity index (χ2n) is 8.88. The van der Waals surface area contributed by atoms with Crippen molar-refractivity contribution < 1.29 is 24.2 Å². The summed E-state index contributed by atoms with van der Waals surface area (Å²) in [5, 5.41) is 14.8. The van der Waals surface area contributed by atoms with Gasteiger partial charge in [0.25, 0.3) is 0 Å². The van der Waals surface area contributed by atoms with Crippen LogP contribution in [0.3, 0.4) is 0 Å². The number of nitrogens with one attached hydrogen (secondary N) is 2. The lowest BCUT2D eigenvalue weighted by Crippen LogP contribution is -2.51. The van der Waals surface area contributed by atoms with Gasteiger partial charge in [-0.3, -0.25) is 4.79 Å². The number of amides is 2. The molecule has 0 heterocycles. The quantitative estimate of drug-likeness (QED) is 0.448. The summed E-state index contributed by atoms with van der Waals surface area (Å²) in [6.45, 7) is 3.66. The predicted octanol–water partition coefficient (Wildman–Crippen LogP) is 4.49. The van der Waals surface area contributed by atoms with Crippen molar-refractivity contribution in [3.05, 3.63) is 95.6 Å². The van der Waals surface area contributed by atoms with Gasteiger partial charge in [-0.1, -0.05) is 92.7 Å². The summed E-state index contributed by atoms with van der Waals surface area (Å²) in [5.41, 5.74) is 4.87. The van der Waals surface area contributed by atoms with Gasteiger partial charge < -0.3 is 20.5 Å². The maximum absolute atomic E-state index is 13.0. The number of carbonyl (C=O) groups excluding carboxylic acids is 2. The first kappa shape index (κ1) is 24.0. The lowest BCUT2D eigenvalue weighted by molar-refractivity contribution is -0.142. The SMILES string of the molecule is CC(C)[C@H](NC(=O)OCC1c2ccccc2-c2ccccc21)C(=O)N[C@H](C(=O)O)c1ccccc1. The van der Waals surface area contributed by atoms with E-state index in [1.54, 1.807) is 44.2 Å². The molecule has 1 aliphatic rings. The van der Waals surface area contributed by atoms with Gasteiger partial charge in [0.15, 0.2) is 6.04 Å². The van der Waals surface area contributed by atoms with Crippen molar-refractivity contribution in [2.45, 2.75) is 31.8 Å². The molecule has 0 radical (unpaired) electrons. The highest BCUT2D eigenvalue weighted by Gasteiger charge is 2.32. The van der Waals surface area contributed by atoms with Gasteiger partial charge in [0, 0.05) is 5.92 Å². The van der Waals surface area contributed by atoms with E-state index in [0.717, 1.165) is 22.3 Å². The van der Waals surface area contributed by atoms with Crippen LogP contribution >= 0.6 is 0 Å². The Bertz CT molecular complexity index is 1180. The number of benzene rings is 3. The van der Waals surface area contributed by atoms with E-state index in [0.29, 0.717) is 5.56 Å². The number of alkyl carbamates (subject to hydrolysis) is 1. The largest absolute Gasteiger partial charge is 0.479 e. The summed E-state index contributed by atoms with van der Waals surface area (Å²) in [6, 6.07) is 22.3. The van der Waals surface area contributed by atoms with E-state index in [4.69, 9.17) is 4.74 Å². The zero-order valence-electron chi connectivity index (χ0n) is 19.6. The molecule has 0 aliphatic heterocycles. The number of carboxylic acids is 1. The molecule has 35 heavy (non-hydrogen) atoms. The first-order valence-corrected chi connectivity index (χ1v) is 11.6. The minimum atomic E-state index is -1.23. The number of ether oxygens (including phenoxy) is 1. The van der Waals surface area contributed by atoms with Crippen LogP contribution in [-0.4, -0.2) is 35.7 Å². The molecule has 4 rings (SSSR count). The molecule has 0 spiro atoms. The molecule has 3 N–H and O–H groups in total. The molecule has 0 fully saturated rings. The molecule has 7 heteroatoms. The summed E-state index contributed by atoms with van der Waals surface area (Å²) < 4.78 is 5.56. The molecule has 3 aromatic carbocycles. The van der Waals surface area contributed by atoms with Crippen molar-refractivity contribution in [2.75, 3.05) is 6.61 Å². The van der Waals surface area contributed by atoms with Crippen molar-refractivity contribution >= 4 is 18.0 Å². The topological polar surface area (TPSA) is 105 Å². The normalized spacial score (nSPS) is 13.9. The summed E-state index contributed by atoms with van der Waals surface area (Å²) in [5.74, 6) is -2.17. The van der Waals surface area contributed by atoms with Gasteiger partial charge in [0.1, 0.15) is 12.6 Å². The maximum Gasteiger partial charge on any atom is 0.407 e. The summed E-state index contributed by atoms with van der Waals surface area (Å²) >= 11 is 0. The molecule has 0 unspecified atom stereocenters. The number of carboxylic acid groups (broad SMARTS) is 1. The van der Waals surface area contributed by atoms with Crippen molar-refractivity contribution in [1.29, 1.82) is 0 Å². The number of carbonyl (C=O) groups is 3. The average molecular weight is 473 g/mol. The molecule has 7 nitrogen and oxygen atoms in total. The van der Waals surface area contributed by atoms with Gasteiger partial charge in [-0.15, -0.1) is 0 Å². The highest BCUT2D eigenvalue weighted by molar-refractivity contribution is 5.90. The number of fused-ring (bicyclic) bond motifs is 3. The average Bonchev–Trinajstić information content (AvgIpc) is 3.18. The smallest absolute Gasteiger partial charge is 0.407 e. The lowest BCUT2D eigenvalue weighted by Gasteiger charge is -2.24. The Morgan fingerprint density at radius 3 is 1.91 bits per heavy atom. The van der Waals surface area contributed by atoms with E-state index in [-0.39, 0.29) is 18.4 Å². The number of rotatable bonds is 8. The van der Waals surface area contributed by atoms with Crippen LogP contribution in [0.15, 0.2) is 78.9 Å². The second kappa shape index (κ2) is 10.4. The van der Waals surface area contributed by atoms with Crippen LogP contribution in [0.1, 0.15) is 42.5 Å². The van der Waals surface area contributed by atoms with Crippen molar-refractivity contribution in [3.63, 3.8) is 0 Å². The monoisotopic (exact) mass is 472 g/mol. The number of hydrogen-bond donors (Lipinski definition) is 3. The molecule has 0 bridgehead atoms. The van der Waals surface area contributed by atoms with Crippen LogP contribution in [0.5, 0.6) is 0 Å². The molecular formula is C28H28N2O5. The molecule has 1 aliphatic carbocycles. The number of aliphatic carboxylic acids is 1. The molecule has 180 valence electrons. The summed E-state index contributed by atoms with van der Waals surface area (Å²) in [6.07, 6.45) is -0.729. The van der Waals surface area contributed by atoms with E-state index in [2.05, 4.69) is 22.8 Å². The zero-order chi connectivity index (χ0) is 24.9. The van der Waals surface area contributed by atoms with Gasteiger partial charge in [-0.2, -0.15) is 0 Å². The van der Waals surface area contributed by atoms with Crippen LogP contribution in [-0.2, 0) is 14.3 Å². The van der Waals surface area contributed by atoms with Crippen LogP contribution in [0, 0.1) is 5.92 Å². The van der Waals surface area contributed by atoms with Crippen LogP contribution < -0.4 is 10.6 Å². The summed E-state index contributed by atoms with van der Waals surface area (Å²) in [4.78, 5) is 37.4. The van der Waals surface area contributed by atoms with Gasteiger partial charge in [0.05, 0.1) is 0 Å². The summed E-state index contributed by atoms with van der Waals surface area (Å²) in [7, 11) is 0. The fourth-order valence-corrected chi connectivity index (χ4v) is 4.47. The standard InChI is InChI=1S/C28H28N2O5/c1-17(2)24(26(31)29-25(27(32)33)18-10-4-3-5-11-18)30-28(34)35-16-23-21-14-8-6-12-19(21)20-13-7-9-15-22(20)23/h3-15,17,23-25H,16H2,1-2H3,(H,29,31)(H,30,34)(H,32,33)/t24-,25-/m0/s1. The van der Waals surface area contributed by atoms with Crippen LogP contribution in [0.4, 0.5) is 4.79 Å². The van der Waals surface area contributed by atoms with E-state index >= 15 is 0 Å². The molecule has 0 saturated carbocycles. The van der Waals surface area contributed by atoms with Gasteiger partial charge in [-0.25, -0.2) is 9.59 Å². The highest BCUT2D eigenvalue weighted by Crippen LogP contribution is 2.44. The van der Waals surface area contributed by atoms with E-state index < -0.39 is 30.1 Å². The Hall–Kier alpha value is -4.13. The molecule has 0 saturated heterocycles. The second-order valence-corrected chi connectivity index (χ2v) is 8.88. The van der Waals surface area contributed by atoms with Crippen molar-refractivity contribution in [3.8, 4) is 11.1 Å². The highest BCUT2D eigenvalue weighted by atomic mass is 16.5. The van der Waals surface area contributed by atoms with E-state index in [1.807, 2.05) is 36.4 Å². The third-order valence-corrected chi connectivity index (χ3v) is 6.23. The van der Waals surface area contributed by atoms with Gasteiger partial charge >= 0.3 is 12.1 Å². The molecule has 0 aromatic heterocycles. The van der Waals surface area contributed by atoms with E-state index in [1.165, 1.54) is 0 Å². The van der Waals surface area contributed by atoms with Crippen LogP contribution in [0.2, 0.25) is 0 Å². The minimum absolute atomic E-state index is 0.103. The fraction of sp³-hybridized carbons (Fsp3) is 0.250. The fourth-order valence-electron chi connectivity index (χ4n) is 4.47. The first-order valence-electron chi connectivity index (χ1n) is 11.6. The van der Waals surface area contributed by atoms with Gasteiger partial charge in [0.2, 0.25) is 5.91 Å². The first-order chi connectivity index (χ1) is 16.9. The maximum atomic E-state index is 13.0. The lowest BCUT2D eigenvalue weighted by atomic mass is 9.98. The third-order valence-electron chi connectivity index (χ3n) is 6.23. The Balaban J connectivity index is 1.42. The minimum Gasteiger partial charge on any atom is -0.479 e. The number of hydrogen-bond acceptors (Lipinski definition) is 4. The van der Waals surface area contributed by atoms with E-state index in [9.17, 15) is 19.5 Å². The molecule has 2 amide bonds. The Morgan fingerprint density at radius 2 is 1.37 bits per heavy atom. The molecule has 3 aromatic rings.